The molecule has 5 nitrogen and oxygen atoms in total. The molecule has 1 N–H and O–H groups in total. The summed E-state index contributed by atoms with van der Waals surface area (Å²) in [4.78, 5) is 12.9. The molecule has 2 aromatic carbocycles. The van der Waals surface area contributed by atoms with E-state index < -0.39 is 0 Å². The number of carbonyl (C=O) groups is 1. The number of para-hydroxylation sites is 1. The highest BCUT2D eigenvalue weighted by Crippen LogP contribution is 2.46. The molecule has 0 saturated heterocycles. The van der Waals surface area contributed by atoms with Crippen molar-refractivity contribution in [3.05, 3.63) is 76.2 Å². The van der Waals surface area contributed by atoms with Crippen LogP contribution in [0.4, 0.5) is 5.69 Å². The molecule has 180 valence electrons. The fraction of sp³-hybridized carbons (Fsp3) is 0.414. The molecule has 0 fully saturated rings. The third kappa shape index (κ3) is 4.44. The maximum Gasteiger partial charge on any atom is 0.291 e. The van der Waals surface area contributed by atoms with Crippen LogP contribution in [-0.2, 0) is 17.3 Å². The molecule has 0 bridgehead atoms. The fourth-order valence-electron chi connectivity index (χ4n) is 4.89. The van der Waals surface area contributed by atoms with E-state index in [2.05, 4.69) is 52.1 Å². The zero-order valence-electron chi connectivity index (χ0n) is 21.3. The van der Waals surface area contributed by atoms with E-state index in [1.807, 2.05) is 12.1 Å². The first kappa shape index (κ1) is 23.9. The number of hydrogen-bond acceptors (Lipinski definition) is 4. The van der Waals surface area contributed by atoms with Gasteiger partial charge in [0.2, 0.25) is 0 Å². The van der Waals surface area contributed by atoms with Gasteiger partial charge in [0.1, 0.15) is 22.9 Å². The van der Waals surface area contributed by atoms with E-state index in [-0.39, 0.29) is 22.5 Å². The molecule has 3 aromatic rings. The Kier molecular flexibility index (Phi) is 6.24. The number of amides is 1. The molecule has 5 heteroatoms. The van der Waals surface area contributed by atoms with Crippen molar-refractivity contribution in [2.75, 3.05) is 19.5 Å². The van der Waals surface area contributed by atoms with Crippen LogP contribution in [0.25, 0.3) is 0 Å². The first-order valence-corrected chi connectivity index (χ1v) is 11.8. The Bertz CT molecular complexity index is 1200. The van der Waals surface area contributed by atoms with Gasteiger partial charge in [-0.15, -0.1) is 0 Å². The van der Waals surface area contributed by atoms with Gasteiger partial charge in [-0.2, -0.15) is 0 Å². The van der Waals surface area contributed by atoms with E-state index in [1.54, 1.807) is 32.4 Å². The molecule has 34 heavy (non-hydrogen) atoms. The number of aryl methyl sites for hydroxylation is 1. The molecule has 1 aliphatic rings. The van der Waals surface area contributed by atoms with Crippen molar-refractivity contribution < 1.29 is 18.7 Å². The topological polar surface area (TPSA) is 60.7 Å². The number of fused-ring (bicyclic) bond motifs is 1. The van der Waals surface area contributed by atoms with Gasteiger partial charge in [0, 0.05) is 6.42 Å². The number of anilines is 1. The van der Waals surface area contributed by atoms with Gasteiger partial charge in [-0.3, -0.25) is 4.79 Å². The fourth-order valence-corrected chi connectivity index (χ4v) is 4.89. The number of rotatable bonds is 6. The van der Waals surface area contributed by atoms with Crippen LogP contribution in [0.3, 0.4) is 0 Å². The van der Waals surface area contributed by atoms with Crippen LogP contribution >= 0.6 is 0 Å². The highest BCUT2D eigenvalue weighted by atomic mass is 16.5. The molecule has 0 spiro atoms. The van der Waals surface area contributed by atoms with Gasteiger partial charge in [-0.25, -0.2) is 0 Å². The second kappa shape index (κ2) is 8.86. The summed E-state index contributed by atoms with van der Waals surface area (Å²) < 4.78 is 16.7. The molecule has 1 aromatic heterocycles. The van der Waals surface area contributed by atoms with E-state index in [9.17, 15) is 4.79 Å². The van der Waals surface area contributed by atoms with Gasteiger partial charge in [0.15, 0.2) is 5.76 Å². The smallest absolute Gasteiger partial charge is 0.291 e. The van der Waals surface area contributed by atoms with Gasteiger partial charge in [0.05, 0.1) is 14.2 Å². The Morgan fingerprint density at radius 1 is 0.941 bits per heavy atom. The maximum absolute atomic E-state index is 12.9. The minimum atomic E-state index is -0.348. The Morgan fingerprint density at radius 2 is 1.53 bits per heavy atom. The van der Waals surface area contributed by atoms with Crippen molar-refractivity contribution >= 4 is 11.6 Å². The SMILES string of the molecule is COc1cccc(OC)c1NC(=O)c1ccc(Cc2cc3c(cc2C)C(C)(C)CCC3(C)C)o1. The average Bonchev–Trinajstić information content (AvgIpc) is 3.27. The lowest BCUT2D eigenvalue weighted by atomic mass is 9.62. The highest BCUT2D eigenvalue weighted by Gasteiger charge is 2.37. The molecule has 0 aliphatic heterocycles. The molecule has 1 aliphatic carbocycles. The number of carbonyl (C=O) groups excluding carboxylic acids is 1. The van der Waals surface area contributed by atoms with E-state index in [0.29, 0.717) is 23.6 Å². The minimum absolute atomic E-state index is 0.148. The number of nitrogens with one attached hydrogen (secondary N) is 1. The van der Waals surface area contributed by atoms with Crippen molar-refractivity contribution in [2.45, 2.75) is 64.7 Å². The number of benzene rings is 2. The van der Waals surface area contributed by atoms with Crippen LogP contribution in [0, 0.1) is 6.92 Å². The number of ether oxygens (including phenoxy) is 2. The third-order valence-electron chi connectivity index (χ3n) is 7.23. The van der Waals surface area contributed by atoms with Crippen LogP contribution in [-0.4, -0.2) is 20.1 Å². The summed E-state index contributed by atoms with van der Waals surface area (Å²) in [7, 11) is 3.11. The van der Waals surface area contributed by atoms with E-state index in [0.717, 1.165) is 5.76 Å². The van der Waals surface area contributed by atoms with E-state index >= 15 is 0 Å². The van der Waals surface area contributed by atoms with Crippen LogP contribution < -0.4 is 14.8 Å². The largest absolute Gasteiger partial charge is 0.494 e. The van der Waals surface area contributed by atoms with Crippen LogP contribution in [0.15, 0.2) is 46.9 Å². The number of furan rings is 1. The van der Waals surface area contributed by atoms with Gasteiger partial charge in [-0.1, -0.05) is 45.9 Å². The molecule has 1 amide bonds. The number of methoxy groups -OCH3 is 2. The summed E-state index contributed by atoms with van der Waals surface area (Å²) in [5.74, 6) is 1.71. The zero-order chi connectivity index (χ0) is 24.7. The lowest BCUT2D eigenvalue weighted by Gasteiger charge is -2.42. The quantitative estimate of drug-likeness (QED) is 0.439. The molecule has 4 rings (SSSR count). The standard InChI is InChI=1S/C29H35NO4/c1-18-15-21-22(29(4,5)14-13-28(21,2)3)17-19(18)16-20-11-12-25(34-20)27(31)30-26-23(32-6)9-8-10-24(26)33-7/h8-12,15,17H,13-14,16H2,1-7H3,(H,30,31). The van der Waals surface area contributed by atoms with Gasteiger partial charge in [-0.05, 0) is 77.1 Å². The van der Waals surface area contributed by atoms with Crippen molar-refractivity contribution in [1.29, 1.82) is 0 Å². The van der Waals surface area contributed by atoms with E-state index in [1.165, 1.54) is 35.1 Å². The Hall–Kier alpha value is -3.21. The summed E-state index contributed by atoms with van der Waals surface area (Å²) in [6.07, 6.45) is 3.01. The third-order valence-corrected chi connectivity index (χ3v) is 7.23. The van der Waals surface area contributed by atoms with Crippen LogP contribution in [0.5, 0.6) is 11.5 Å². The number of hydrogen-bond donors (Lipinski definition) is 1. The first-order valence-electron chi connectivity index (χ1n) is 11.8. The molecule has 0 radical (unpaired) electrons. The lowest BCUT2D eigenvalue weighted by molar-refractivity contribution is 0.0994. The van der Waals surface area contributed by atoms with E-state index in [4.69, 9.17) is 13.9 Å². The second-order valence-electron chi connectivity index (χ2n) is 10.5. The normalized spacial score (nSPS) is 16.0. The van der Waals surface area contributed by atoms with Crippen molar-refractivity contribution in [3.63, 3.8) is 0 Å². The first-order chi connectivity index (χ1) is 16.1. The molecular weight excluding hydrogens is 426 g/mol. The average molecular weight is 462 g/mol. The molecule has 0 atom stereocenters. The molecule has 0 unspecified atom stereocenters. The van der Waals surface area contributed by atoms with Crippen LogP contribution in [0.1, 0.15) is 79.1 Å². The predicted octanol–water partition coefficient (Wildman–Crippen LogP) is 6.80. The monoisotopic (exact) mass is 461 g/mol. The van der Waals surface area contributed by atoms with Gasteiger partial charge in [0.25, 0.3) is 5.91 Å². The molecule has 0 saturated carbocycles. The van der Waals surface area contributed by atoms with Crippen molar-refractivity contribution in [1.82, 2.24) is 0 Å². The predicted molar refractivity (Wildman–Crippen MR) is 135 cm³/mol. The zero-order valence-corrected chi connectivity index (χ0v) is 21.3. The highest BCUT2D eigenvalue weighted by molar-refractivity contribution is 6.04. The second-order valence-corrected chi connectivity index (χ2v) is 10.5. The minimum Gasteiger partial charge on any atom is -0.494 e. The summed E-state index contributed by atoms with van der Waals surface area (Å²) >= 11 is 0. The Morgan fingerprint density at radius 3 is 2.12 bits per heavy atom. The summed E-state index contributed by atoms with van der Waals surface area (Å²) in [5, 5.41) is 2.86. The van der Waals surface area contributed by atoms with Gasteiger partial charge >= 0.3 is 0 Å². The lowest BCUT2D eigenvalue weighted by Crippen LogP contribution is -2.34. The van der Waals surface area contributed by atoms with Crippen LogP contribution in [0.2, 0.25) is 0 Å². The van der Waals surface area contributed by atoms with Crippen molar-refractivity contribution in [2.24, 2.45) is 0 Å². The molecular formula is C29H35NO4. The summed E-state index contributed by atoms with van der Waals surface area (Å²) in [5.41, 5.74) is 6.18. The maximum atomic E-state index is 12.9. The molecule has 1 heterocycles. The summed E-state index contributed by atoms with van der Waals surface area (Å²) in [6.45, 7) is 11.5. The van der Waals surface area contributed by atoms with Crippen molar-refractivity contribution in [3.8, 4) is 11.5 Å². The Balaban J connectivity index is 1.58. The summed E-state index contributed by atoms with van der Waals surface area (Å²) in [6, 6.07) is 13.7. The Labute approximate surface area is 202 Å². The van der Waals surface area contributed by atoms with Gasteiger partial charge < -0.3 is 19.2 Å².